The maximum atomic E-state index is 12.3. The molecule has 0 fully saturated rings. The Morgan fingerprint density at radius 2 is 2.15 bits per heavy atom. The third-order valence-corrected chi connectivity index (χ3v) is 4.38. The lowest BCUT2D eigenvalue weighted by Crippen LogP contribution is -2.17. The monoisotopic (exact) mass is 385 g/mol. The molecule has 0 spiro atoms. The molecule has 27 heavy (non-hydrogen) atoms. The Balaban J connectivity index is 1.76. The predicted molar refractivity (Wildman–Crippen MR) is 103 cm³/mol. The topological polar surface area (TPSA) is 102 Å². The summed E-state index contributed by atoms with van der Waals surface area (Å²) in [5.74, 6) is 0.479. The number of hydrogen-bond donors (Lipinski definition) is 1. The molecule has 138 valence electrons. The largest absolute Gasteiger partial charge is 0.329 e. The minimum atomic E-state index is -0.578. The first kappa shape index (κ1) is 18.5. The Morgan fingerprint density at radius 1 is 1.37 bits per heavy atom. The number of amides is 1. The van der Waals surface area contributed by atoms with E-state index in [4.69, 9.17) is 11.6 Å². The van der Waals surface area contributed by atoms with Crippen molar-refractivity contribution in [2.24, 2.45) is 5.10 Å². The third kappa shape index (κ3) is 3.80. The quantitative estimate of drug-likeness (QED) is 0.411. The number of nitrogens with one attached hydrogen (secondary N) is 1. The number of aromatic nitrogens is 2. The van der Waals surface area contributed by atoms with E-state index in [9.17, 15) is 14.9 Å². The first-order valence-electron chi connectivity index (χ1n) is 8.15. The minimum absolute atomic E-state index is 0.0382. The van der Waals surface area contributed by atoms with E-state index >= 15 is 0 Å². The summed E-state index contributed by atoms with van der Waals surface area (Å²) in [6, 6.07) is 9.50. The van der Waals surface area contributed by atoms with Gasteiger partial charge in [-0.25, -0.2) is 10.4 Å². The van der Waals surface area contributed by atoms with Crippen LogP contribution in [-0.4, -0.2) is 26.6 Å². The van der Waals surface area contributed by atoms with Crippen LogP contribution in [0.1, 0.15) is 28.7 Å². The second-order valence-corrected chi connectivity index (χ2v) is 6.18. The molecule has 1 aromatic heterocycles. The van der Waals surface area contributed by atoms with Crippen molar-refractivity contribution in [2.45, 2.75) is 20.4 Å². The molecular weight excluding hydrogens is 370 g/mol. The van der Waals surface area contributed by atoms with Crippen LogP contribution in [0.4, 0.5) is 5.69 Å². The highest BCUT2D eigenvalue weighted by molar-refractivity contribution is 6.32. The van der Waals surface area contributed by atoms with Gasteiger partial charge in [0.15, 0.2) is 0 Å². The van der Waals surface area contributed by atoms with Gasteiger partial charge in [-0.05, 0) is 38.1 Å². The normalized spacial score (nSPS) is 11.2. The van der Waals surface area contributed by atoms with E-state index in [1.165, 1.54) is 18.3 Å². The molecule has 1 N–H and O–H groups in total. The minimum Gasteiger partial charge on any atom is -0.329 e. The lowest BCUT2D eigenvalue weighted by Gasteiger charge is -2.03. The van der Waals surface area contributed by atoms with Crippen LogP contribution in [0, 0.1) is 17.0 Å². The number of imidazole rings is 1. The summed E-state index contributed by atoms with van der Waals surface area (Å²) in [4.78, 5) is 27.1. The van der Waals surface area contributed by atoms with Crippen LogP contribution < -0.4 is 5.43 Å². The Labute approximate surface area is 159 Å². The number of fused-ring (bicyclic) bond motifs is 1. The number of nitro benzene ring substituents is 1. The Kier molecular flexibility index (Phi) is 5.18. The van der Waals surface area contributed by atoms with Gasteiger partial charge in [-0.1, -0.05) is 17.7 Å². The number of rotatable bonds is 5. The van der Waals surface area contributed by atoms with Crippen molar-refractivity contribution in [2.75, 3.05) is 0 Å². The average molecular weight is 386 g/mol. The van der Waals surface area contributed by atoms with Crippen molar-refractivity contribution in [3.63, 3.8) is 0 Å². The lowest BCUT2D eigenvalue weighted by atomic mass is 10.2. The van der Waals surface area contributed by atoms with Gasteiger partial charge in [-0.2, -0.15) is 5.10 Å². The van der Waals surface area contributed by atoms with Crippen molar-refractivity contribution in [1.82, 2.24) is 15.0 Å². The van der Waals surface area contributed by atoms with E-state index in [0.29, 0.717) is 11.1 Å². The summed E-state index contributed by atoms with van der Waals surface area (Å²) in [6.45, 7) is 4.74. The van der Waals surface area contributed by atoms with Crippen LogP contribution in [0.3, 0.4) is 0 Å². The van der Waals surface area contributed by atoms with E-state index < -0.39 is 10.8 Å². The highest BCUT2D eigenvalue weighted by Crippen LogP contribution is 2.24. The fourth-order valence-corrected chi connectivity index (χ4v) is 2.96. The molecule has 0 saturated carbocycles. The second-order valence-electron chi connectivity index (χ2n) is 5.77. The zero-order valence-electron chi connectivity index (χ0n) is 14.6. The van der Waals surface area contributed by atoms with E-state index in [0.717, 1.165) is 23.4 Å². The summed E-state index contributed by atoms with van der Waals surface area (Å²) >= 11 is 5.76. The number of hydrazone groups is 1. The summed E-state index contributed by atoms with van der Waals surface area (Å²) in [5, 5.41) is 14.8. The highest BCUT2D eigenvalue weighted by atomic mass is 35.5. The molecule has 3 rings (SSSR count). The molecule has 0 bridgehead atoms. The molecule has 0 atom stereocenters. The van der Waals surface area contributed by atoms with E-state index in [1.807, 2.05) is 19.9 Å². The molecule has 1 heterocycles. The number of benzene rings is 2. The van der Waals surface area contributed by atoms with E-state index in [1.54, 1.807) is 18.2 Å². The van der Waals surface area contributed by atoms with Crippen LogP contribution in [0.25, 0.3) is 11.0 Å². The molecule has 0 radical (unpaired) electrons. The van der Waals surface area contributed by atoms with Crippen molar-refractivity contribution in [3.8, 4) is 0 Å². The number of carbonyl (C=O) groups is 1. The van der Waals surface area contributed by atoms with E-state index in [-0.39, 0.29) is 10.7 Å². The maximum Gasteiger partial charge on any atom is 0.288 e. The zero-order valence-corrected chi connectivity index (χ0v) is 15.4. The fraction of sp³-hybridized carbons (Fsp3) is 0.167. The van der Waals surface area contributed by atoms with Crippen molar-refractivity contribution < 1.29 is 9.72 Å². The summed E-state index contributed by atoms with van der Waals surface area (Å²) in [7, 11) is 0. The highest BCUT2D eigenvalue weighted by Gasteiger charge is 2.12. The Bertz CT molecular complexity index is 1070. The third-order valence-electron chi connectivity index (χ3n) is 4.06. The first-order valence-corrected chi connectivity index (χ1v) is 8.52. The fourth-order valence-electron chi connectivity index (χ4n) is 2.77. The summed E-state index contributed by atoms with van der Waals surface area (Å²) < 4.78 is 2.06. The number of nitrogens with zero attached hydrogens (tertiary/aromatic N) is 4. The molecule has 3 aromatic rings. The van der Waals surface area contributed by atoms with Gasteiger partial charge in [0.2, 0.25) is 0 Å². The number of aryl methyl sites for hydroxylation is 2. The van der Waals surface area contributed by atoms with Gasteiger partial charge < -0.3 is 4.57 Å². The molecular formula is C18H16ClN5O3. The van der Waals surface area contributed by atoms with E-state index in [2.05, 4.69) is 20.1 Å². The maximum absolute atomic E-state index is 12.3. The van der Waals surface area contributed by atoms with Gasteiger partial charge >= 0.3 is 0 Å². The van der Waals surface area contributed by atoms with Gasteiger partial charge in [-0.15, -0.1) is 0 Å². The van der Waals surface area contributed by atoms with Gasteiger partial charge in [0.05, 0.1) is 22.2 Å². The van der Waals surface area contributed by atoms with Crippen molar-refractivity contribution >= 4 is 40.4 Å². The van der Waals surface area contributed by atoms with Crippen LogP contribution in [0.2, 0.25) is 5.02 Å². The first-order chi connectivity index (χ1) is 12.9. The molecule has 9 heteroatoms. The van der Waals surface area contributed by atoms with Gasteiger partial charge in [0, 0.05) is 23.7 Å². The SMILES string of the molecule is CCn1c(C)nc2cc(C(=O)NN=Cc3ccc(Cl)c([N+](=O)[O-])c3)ccc21. The summed E-state index contributed by atoms with van der Waals surface area (Å²) in [5.41, 5.74) is 4.74. The number of nitro groups is 1. The standard InChI is InChI=1S/C18H16ClN5O3/c1-3-23-11(2)21-15-9-13(5-7-16(15)23)18(25)22-20-10-12-4-6-14(19)17(8-12)24(26)27/h4-10H,3H2,1-2H3,(H,22,25). The smallest absolute Gasteiger partial charge is 0.288 e. The second kappa shape index (κ2) is 7.55. The molecule has 2 aromatic carbocycles. The molecule has 0 aliphatic carbocycles. The Hall–Kier alpha value is -3.26. The number of carbonyl (C=O) groups excluding carboxylic acids is 1. The zero-order chi connectivity index (χ0) is 19.6. The molecule has 1 amide bonds. The van der Waals surface area contributed by atoms with Crippen LogP contribution in [0.5, 0.6) is 0 Å². The molecule has 8 nitrogen and oxygen atoms in total. The number of hydrogen-bond acceptors (Lipinski definition) is 5. The van der Waals surface area contributed by atoms with Crippen molar-refractivity contribution in [1.29, 1.82) is 0 Å². The number of halogens is 1. The van der Waals surface area contributed by atoms with Crippen LogP contribution in [-0.2, 0) is 6.54 Å². The predicted octanol–water partition coefficient (Wildman–Crippen LogP) is 3.69. The van der Waals surface area contributed by atoms with Gasteiger partial charge in [0.1, 0.15) is 10.8 Å². The average Bonchev–Trinajstić information content (AvgIpc) is 2.96. The molecule has 0 aliphatic rings. The van der Waals surface area contributed by atoms with Crippen molar-refractivity contribution in [3.05, 3.63) is 68.5 Å². The molecule has 0 unspecified atom stereocenters. The lowest BCUT2D eigenvalue weighted by molar-refractivity contribution is -0.384. The van der Waals surface area contributed by atoms with Crippen LogP contribution in [0.15, 0.2) is 41.5 Å². The summed E-state index contributed by atoms with van der Waals surface area (Å²) in [6.07, 6.45) is 1.32. The molecule has 0 saturated heterocycles. The van der Waals surface area contributed by atoms with Gasteiger partial charge in [0.25, 0.3) is 11.6 Å². The Morgan fingerprint density at radius 3 is 2.85 bits per heavy atom. The van der Waals surface area contributed by atoms with Gasteiger partial charge in [-0.3, -0.25) is 14.9 Å². The van der Waals surface area contributed by atoms with Crippen LogP contribution >= 0.6 is 11.6 Å². The molecule has 0 aliphatic heterocycles.